The number of anilines is 1. The summed E-state index contributed by atoms with van der Waals surface area (Å²) in [4.78, 5) is 24.6. The Kier molecular flexibility index (Phi) is 5.05. The van der Waals surface area contributed by atoms with E-state index in [2.05, 4.69) is 10.5 Å². The number of morpholine rings is 1. The fourth-order valence-electron chi connectivity index (χ4n) is 2.47. The molecule has 0 spiro atoms. The van der Waals surface area contributed by atoms with Crippen LogP contribution in [0.5, 0.6) is 0 Å². The number of carbonyl (C=O) groups excluding carboxylic acids is 1. The maximum absolute atomic E-state index is 11.7. The zero-order valence-corrected chi connectivity index (χ0v) is 13.3. The van der Waals surface area contributed by atoms with E-state index in [4.69, 9.17) is 9.15 Å². The summed E-state index contributed by atoms with van der Waals surface area (Å²) >= 11 is 0. The van der Waals surface area contributed by atoms with Crippen molar-refractivity contribution >= 4 is 23.5 Å². The van der Waals surface area contributed by atoms with Gasteiger partial charge >= 0.3 is 5.91 Å². The number of nitrogens with zero attached hydrogens (tertiary/aromatic N) is 3. The summed E-state index contributed by atoms with van der Waals surface area (Å²) < 4.78 is 10.2. The maximum Gasteiger partial charge on any atom is 0.307 e. The smallest absolute Gasteiger partial charge is 0.307 e. The molecule has 0 unspecified atom stereocenters. The van der Waals surface area contributed by atoms with Gasteiger partial charge in [0.2, 0.25) is 0 Å². The first kappa shape index (κ1) is 16.7. The first-order chi connectivity index (χ1) is 12.1. The molecule has 9 heteroatoms. The highest BCUT2D eigenvalue weighted by molar-refractivity contribution is 5.92. The summed E-state index contributed by atoms with van der Waals surface area (Å²) in [5.74, 6) is -0.369. The summed E-state index contributed by atoms with van der Waals surface area (Å²) in [6.07, 6.45) is 2.73. The van der Waals surface area contributed by atoms with Crippen LogP contribution in [0.2, 0.25) is 0 Å². The van der Waals surface area contributed by atoms with Crippen LogP contribution >= 0.6 is 0 Å². The number of nitro groups is 1. The molecule has 1 aromatic carbocycles. The van der Waals surface area contributed by atoms with Crippen molar-refractivity contribution in [1.82, 2.24) is 5.43 Å². The molecule has 1 fully saturated rings. The lowest BCUT2D eigenvalue weighted by Crippen LogP contribution is -2.36. The van der Waals surface area contributed by atoms with E-state index in [9.17, 15) is 14.9 Å². The first-order valence-electron chi connectivity index (χ1n) is 7.63. The van der Waals surface area contributed by atoms with Gasteiger partial charge in [0.1, 0.15) is 5.69 Å². The maximum atomic E-state index is 11.7. The van der Waals surface area contributed by atoms with Gasteiger partial charge in [-0.15, -0.1) is 0 Å². The van der Waals surface area contributed by atoms with Crippen molar-refractivity contribution in [3.8, 4) is 0 Å². The molecule has 1 amide bonds. The zero-order chi connectivity index (χ0) is 17.6. The van der Waals surface area contributed by atoms with E-state index in [0.29, 0.717) is 37.6 Å². The molecule has 130 valence electrons. The molecule has 3 rings (SSSR count). The minimum Gasteiger partial charge on any atom is -0.459 e. The van der Waals surface area contributed by atoms with Gasteiger partial charge in [0, 0.05) is 24.7 Å². The second kappa shape index (κ2) is 7.58. The van der Waals surface area contributed by atoms with Gasteiger partial charge in [0.15, 0.2) is 5.76 Å². The molecule has 25 heavy (non-hydrogen) atoms. The standard InChI is InChI=1S/C16H16N4O5/c21-16(15-2-1-7-25-15)18-17-11-12-3-4-13(14(10-12)20(22)23)19-5-8-24-9-6-19/h1-4,7,10-11H,5-6,8-9H2,(H,18,21)/b17-11+. The number of furan rings is 1. The Hall–Kier alpha value is -3.20. The third-order valence-corrected chi connectivity index (χ3v) is 3.67. The lowest BCUT2D eigenvalue weighted by Gasteiger charge is -2.28. The monoisotopic (exact) mass is 344 g/mol. The van der Waals surface area contributed by atoms with Gasteiger partial charge in [0.25, 0.3) is 5.69 Å². The number of nitro benzene ring substituents is 1. The number of hydrogen-bond acceptors (Lipinski definition) is 7. The van der Waals surface area contributed by atoms with Gasteiger partial charge in [-0.25, -0.2) is 5.43 Å². The molecular formula is C16H16N4O5. The SMILES string of the molecule is O=C(N/N=C/c1ccc(N2CCOCC2)c([N+](=O)[O-])c1)c1ccco1. The molecule has 2 heterocycles. The number of ether oxygens (including phenoxy) is 1. The quantitative estimate of drug-likeness (QED) is 0.503. The third-order valence-electron chi connectivity index (χ3n) is 3.67. The topological polar surface area (TPSA) is 110 Å². The van der Waals surface area contributed by atoms with E-state index in [1.54, 1.807) is 18.2 Å². The second-order valence-corrected chi connectivity index (χ2v) is 5.28. The summed E-state index contributed by atoms with van der Waals surface area (Å²) in [5, 5.41) is 15.2. The van der Waals surface area contributed by atoms with E-state index in [1.165, 1.54) is 24.6 Å². The van der Waals surface area contributed by atoms with Gasteiger partial charge in [-0.2, -0.15) is 5.10 Å². The molecule has 2 aromatic rings. The van der Waals surface area contributed by atoms with Crippen LogP contribution in [0.15, 0.2) is 46.1 Å². The zero-order valence-electron chi connectivity index (χ0n) is 13.3. The largest absolute Gasteiger partial charge is 0.459 e. The van der Waals surface area contributed by atoms with Crippen molar-refractivity contribution in [2.45, 2.75) is 0 Å². The molecule has 1 aliphatic rings. The number of rotatable bonds is 5. The van der Waals surface area contributed by atoms with Crippen molar-refractivity contribution in [2.24, 2.45) is 5.10 Å². The Morgan fingerprint density at radius 1 is 1.32 bits per heavy atom. The summed E-state index contributed by atoms with van der Waals surface area (Å²) in [6, 6.07) is 7.91. The lowest BCUT2D eigenvalue weighted by atomic mass is 10.1. The fourth-order valence-corrected chi connectivity index (χ4v) is 2.47. The van der Waals surface area contributed by atoms with Crippen LogP contribution in [0.1, 0.15) is 16.1 Å². The van der Waals surface area contributed by atoms with Crippen molar-refractivity contribution in [2.75, 3.05) is 31.2 Å². The van der Waals surface area contributed by atoms with Crippen molar-refractivity contribution in [3.63, 3.8) is 0 Å². The molecule has 1 aromatic heterocycles. The molecular weight excluding hydrogens is 328 g/mol. The predicted molar refractivity (Wildman–Crippen MR) is 89.9 cm³/mol. The molecule has 1 N–H and O–H groups in total. The van der Waals surface area contributed by atoms with Crippen LogP contribution in [0.4, 0.5) is 11.4 Å². The Balaban J connectivity index is 1.73. The highest BCUT2D eigenvalue weighted by Gasteiger charge is 2.21. The van der Waals surface area contributed by atoms with Crippen LogP contribution in [0.25, 0.3) is 0 Å². The Bertz CT molecular complexity index is 782. The minimum absolute atomic E-state index is 0.0109. The average Bonchev–Trinajstić information content (AvgIpc) is 3.17. The molecule has 9 nitrogen and oxygen atoms in total. The van der Waals surface area contributed by atoms with Gasteiger partial charge in [-0.05, 0) is 18.2 Å². The van der Waals surface area contributed by atoms with E-state index < -0.39 is 10.8 Å². The fraction of sp³-hybridized carbons (Fsp3) is 0.250. The molecule has 0 atom stereocenters. The highest BCUT2D eigenvalue weighted by atomic mass is 16.6. The highest BCUT2D eigenvalue weighted by Crippen LogP contribution is 2.29. The van der Waals surface area contributed by atoms with Gasteiger partial charge in [-0.3, -0.25) is 14.9 Å². The van der Waals surface area contributed by atoms with Gasteiger partial charge < -0.3 is 14.1 Å². The number of nitrogens with one attached hydrogen (secondary N) is 1. The van der Waals surface area contributed by atoms with E-state index in [1.807, 2.05) is 4.90 Å². The van der Waals surface area contributed by atoms with Crippen molar-refractivity contribution < 1.29 is 18.9 Å². The lowest BCUT2D eigenvalue weighted by molar-refractivity contribution is -0.384. The molecule has 1 aliphatic heterocycles. The first-order valence-corrected chi connectivity index (χ1v) is 7.63. The number of amides is 1. The number of hydrogen-bond donors (Lipinski definition) is 1. The summed E-state index contributed by atoms with van der Waals surface area (Å²) in [7, 11) is 0. The van der Waals surface area contributed by atoms with Crippen LogP contribution in [-0.4, -0.2) is 43.3 Å². The molecule has 0 radical (unpaired) electrons. The number of benzene rings is 1. The van der Waals surface area contributed by atoms with Crippen molar-refractivity contribution in [1.29, 1.82) is 0 Å². The molecule has 1 saturated heterocycles. The molecule has 0 bridgehead atoms. The van der Waals surface area contributed by atoms with E-state index in [0.717, 1.165) is 0 Å². The Labute approximate surface area is 143 Å². The average molecular weight is 344 g/mol. The Morgan fingerprint density at radius 2 is 2.12 bits per heavy atom. The minimum atomic E-state index is -0.499. The predicted octanol–water partition coefficient (Wildman–Crippen LogP) is 1.79. The van der Waals surface area contributed by atoms with Crippen LogP contribution < -0.4 is 10.3 Å². The number of carbonyl (C=O) groups is 1. The van der Waals surface area contributed by atoms with Gasteiger partial charge in [0.05, 0.1) is 30.6 Å². The van der Waals surface area contributed by atoms with Crippen LogP contribution in [0, 0.1) is 10.1 Å². The third kappa shape index (κ3) is 4.01. The summed E-state index contributed by atoms with van der Waals surface area (Å²) in [5.41, 5.74) is 3.34. The normalized spacial score (nSPS) is 14.6. The van der Waals surface area contributed by atoms with E-state index >= 15 is 0 Å². The van der Waals surface area contributed by atoms with Gasteiger partial charge in [-0.1, -0.05) is 6.07 Å². The van der Waals surface area contributed by atoms with Crippen LogP contribution in [-0.2, 0) is 4.74 Å². The number of hydrazone groups is 1. The second-order valence-electron chi connectivity index (χ2n) is 5.28. The van der Waals surface area contributed by atoms with Crippen molar-refractivity contribution in [3.05, 3.63) is 58.0 Å². The van der Waals surface area contributed by atoms with Crippen LogP contribution in [0.3, 0.4) is 0 Å². The summed E-state index contributed by atoms with van der Waals surface area (Å²) in [6.45, 7) is 2.29. The van der Waals surface area contributed by atoms with E-state index in [-0.39, 0.29) is 11.4 Å². The Morgan fingerprint density at radius 3 is 2.80 bits per heavy atom. The molecule has 0 saturated carbocycles. The molecule has 0 aliphatic carbocycles.